The fourth-order valence-corrected chi connectivity index (χ4v) is 2.28. The van der Waals surface area contributed by atoms with Crippen molar-refractivity contribution in [3.8, 4) is 0 Å². The maximum atomic E-state index is 12.3. The Bertz CT molecular complexity index is 532. The van der Waals surface area contributed by atoms with Crippen molar-refractivity contribution in [2.45, 2.75) is 46.1 Å². The van der Waals surface area contributed by atoms with Gasteiger partial charge in [0, 0.05) is 18.7 Å². The van der Waals surface area contributed by atoms with E-state index in [1.807, 2.05) is 19.1 Å². The van der Waals surface area contributed by atoms with Gasteiger partial charge in [0.25, 0.3) is 5.91 Å². The Morgan fingerprint density at radius 1 is 1.22 bits per heavy atom. The van der Waals surface area contributed by atoms with Crippen LogP contribution in [0.25, 0.3) is 0 Å². The molecule has 1 aromatic rings. The summed E-state index contributed by atoms with van der Waals surface area (Å²) < 4.78 is 0. The second kappa shape index (κ2) is 8.11. The highest BCUT2D eigenvalue weighted by atomic mass is 16.3. The standard InChI is InChI=1S/C18H28N2O3/c1-6-20(11-12-21)17(23)13(2)19-16(22)14-7-9-15(10-8-14)18(3,4)5/h7-10,13,21H,6,11-12H2,1-5H3,(H,19,22). The van der Waals surface area contributed by atoms with Gasteiger partial charge in [0.05, 0.1) is 6.61 Å². The summed E-state index contributed by atoms with van der Waals surface area (Å²) in [6.07, 6.45) is 0. The number of nitrogens with zero attached hydrogens (tertiary/aromatic N) is 1. The molecule has 0 saturated carbocycles. The van der Waals surface area contributed by atoms with Crippen LogP contribution in [0.2, 0.25) is 0 Å². The van der Waals surface area contributed by atoms with Crippen LogP contribution in [0.1, 0.15) is 50.5 Å². The summed E-state index contributed by atoms with van der Waals surface area (Å²) in [5.74, 6) is -0.465. The number of hydrogen-bond donors (Lipinski definition) is 2. The molecule has 0 fully saturated rings. The van der Waals surface area contributed by atoms with E-state index in [0.717, 1.165) is 5.56 Å². The van der Waals surface area contributed by atoms with Gasteiger partial charge in [-0.25, -0.2) is 0 Å². The van der Waals surface area contributed by atoms with Gasteiger partial charge in [0.15, 0.2) is 0 Å². The molecule has 0 bridgehead atoms. The Hall–Kier alpha value is -1.88. The van der Waals surface area contributed by atoms with Crippen LogP contribution >= 0.6 is 0 Å². The molecule has 5 heteroatoms. The molecule has 23 heavy (non-hydrogen) atoms. The predicted octanol–water partition coefficient (Wildman–Crippen LogP) is 1.94. The Balaban J connectivity index is 2.73. The third kappa shape index (κ3) is 5.36. The Kier molecular flexibility index (Phi) is 6.76. The topological polar surface area (TPSA) is 69.6 Å². The highest BCUT2D eigenvalue weighted by Crippen LogP contribution is 2.22. The minimum Gasteiger partial charge on any atom is -0.395 e. The third-order valence-electron chi connectivity index (χ3n) is 3.79. The lowest BCUT2D eigenvalue weighted by atomic mass is 9.86. The van der Waals surface area contributed by atoms with Crippen LogP contribution in [-0.4, -0.2) is 47.6 Å². The highest BCUT2D eigenvalue weighted by molar-refractivity contribution is 5.97. The van der Waals surface area contributed by atoms with Gasteiger partial charge in [0.2, 0.25) is 5.91 Å². The van der Waals surface area contributed by atoms with E-state index in [9.17, 15) is 9.59 Å². The van der Waals surface area contributed by atoms with Gasteiger partial charge < -0.3 is 15.3 Å². The van der Waals surface area contributed by atoms with E-state index in [2.05, 4.69) is 26.1 Å². The van der Waals surface area contributed by atoms with Gasteiger partial charge in [-0.05, 0) is 37.0 Å². The second-order valence-corrected chi connectivity index (χ2v) is 6.66. The van der Waals surface area contributed by atoms with E-state index in [0.29, 0.717) is 12.1 Å². The van der Waals surface area contributed by atoms with Crippen molar-refractivity contribution in [2.75, 3.05) is 19.7 Å². The van der Waals surface area contributed by atoms with Crippen LogP contribution in [0.3, 0.4) is 0 Å². The number of nitrogens with one attached hydrogen (secondary N) is 1. The Morgan fingerprint density at radius 2 is 1.78 bits per heavy atom. The van der Waals surface area contributed by atoms with Crippen molar-refractivity contribution < 1.29 is 14.7 Å². The Labute approximate surface area is 138 Å². The number of carbonyl (C=O) groups excluding carboxylic acids is 2. The minimum atomic E-state index is -0.628. The molecule has 5 nitrogen and oxygen atoms in total. The summed E-state index contributed by atoms with van der Waals surface area (Å²) in [4.78, 5) is 26.0. The van der Waals surface area contributed by atoms with Crippen LogP contribution in [0.5, 0.6) is 0 Å². The van der Waals surface area contributed by atoms with Gasteiger partial charge in [-0.1, -0.05) is 32.9 Å². The van der Waals surface area contributed by atoms with Gasteiger partial charge in [-0.15, -0.1) is 0 Å². The Morgan fingerprint density at radius 3 is 2.22 bits per heavy atom. The zero-order chi connectivity index (χ0) is 17.6. The zero-order valence-corrected chi connectivity index (χ0v) is 14.7. The first kappa shape index (κ1) is 19.2. The van der Waals surface area contributed by atoms with Crippen LogP contribution in [0, 0.1) is 0 Å². The van der Waals surface area contributed by atoms with E-state index in [4.69, 9.17) is 5.11 Å². The van der Waals surface area contributed by atoms with Crippen molar-refractivity contribution in [3.63, 3.8) is 0 Å². The quantitative estimate of drug-likeness (QED) is 0.841. The number of hydrogen-bond acceptors (Lipinski definition) is 3. The smallest absolute Gasteiger partial charge is 0.251 e. The third-order valence-corrected chi connectivity index (χ3v) is 3.79. The first-order valence-corrected chi connectivity index (χ1v) is 8.01. The summed E-state index contributed by atoms with van der Waals surface area (Å²) >= 11 is 0. The molecule has 1 aromatic carbocycles. The molecular weight excluding hydrogens is 292 g/mol. The molecule has 0 heterocycles. The molecule has 1 rings (SSSR count). The van der Waals surface area contributed by atoms with Crippen molar-refractivity contribution in [2.24, 2.45) is 0 Å². The molecule has 1 atom stereocenters. The molecule has 0 spiro atoms. The molecular formula is C18H28N2O3. The van der Waals surface area contributed by atoms with Crippen LogP contribution in [0.15, 0.2) is 24.3 Å². The molecule has 0 aliphatic heterocycles. The van der Waals surface area contributed by atoms with Gasteiger partial charge in [0.1, 0.15) is 6.04 Å². The second-order valence-electron chi connectivity index (χ2n) is 6.66. The number of aliphatic hydroxyl groups is 1. The van der Waals surface area contributed by atoms with E-state index in [1.54, 1.807) is 19.1 Å². The fraction of sp³-hybridized carbons (Fsp3) is 0.556. The van der Waals surface area contributed by atoms with Gasteiger partial charge in [-0.3, -0.25) is 9.59 Å². The average molecular weight is 320 g/mol. The van der Waals surface area contributed by atoms with E-state index in [1.165, 1.54) is 4.90 Å². The van der Waals surface area contributed by atoms with Gasteiger partial charge in [-0.2, -0.15) is 0 Å². The summed E-state index contributed by atoms with van der Waals surface area (Å²) in [7, 11) is 0. The number of benzene rings is 1. The van der Waals surface area contributed by atoms with Crippen molar-refractivity contribution in [1.29, 1.82) is 0 Å². The molecule has 0 aliphatic rings. The molecule has 0 aliphatic carbocycles. The summed E-state index contributed by atoms with van der Waals surface area (Å²) in [6.45, 7) is 10.5. The monoisotopic (exact) mass is 320 g/mol. The summed E-state index contributed by atoms with van der Waals surface area (Å²) in [6, 6.07) is 6.80. The van der Waals surface area contributed by atoms with Crippen LogP contribution in [-0.2, 0) is 10.2 Å². The number of rotatable bonds is 6. The van der Waals surface area contributed by atoms with Crippen molar-refractivity contribution in [1.82, 2.24) is 10.2 Å². The molecule has 128 valence electrons. The first-order valence-electron chi connectivity index (χ1n) is 8.01. The van der Waals surface area contributed by atoms with Crippen LogP contribution < -0.4 is 5.32 Å². The largest absolute Gasteiger partial charge is 0.395 e. The SMILES string of the molecule is CCN(CCO)C(=O)C(C)NC(=O)c1ccc(C(C)(C)C)cc1. The fourth-order valence-electron chi connectivity index (χ4n) is 2.28. The lowest BCUT2D eigenvalue weighted by molar-refractivity contribution is -0.133. The summed E-state index contributed by atoms with van der Waals surface area (Å²) in [5, 5.41) is 11.7. The van der Waals surface area contributed by atoms with Crippen LogP contribution in [0.4, 0.5) is 0 Å². The lowest BCUT2D eigenvalue weighted by Crippen LogP contribution is -2.47. The molecule has 1 unspecified atom stereocenters. The number of amides is 2. The predicted molar refractivity (Wildman–Crippen MR) is 91.4 cm³/mol. The highest BCUT2D eigenvalue weighted by Gasteiger charge is 2.21. The molecule has 2 N–H and O–H groups in total. The van der Waals surface area contributed by atoms with E-state index < -0.39 is 6.04 Å². The number of carbonyl (C=O) groups is 2. The molecule has 0 saturated heterocycles. The zero-order valence-electron chi connectivity index (χ0n) is 14.7. The lowest BCUT2D eigenvalue weighted by Gasteiger charge is -2.24. The number of aliphatic hydroxyl groups excluding tert-OH is 1. The maximum Gasteiger partial charge on any atom is 0.251 e. The summed E-state index contributed by atoms with van der Waals surface area (Å²) in [5.41, 5.74) is 1.71. The maximum absolute atomic E-state index is 12.3. The molecule has 0 radical (unpaired) electrons. The van der Waals surface area contributed by atoms with E-state index >= 15 is 0 Å². The molecule has 0 aromatic heterocycles. The number of likely N-dealkylation sites (N-methyl/N-ethyl adjacent to an activating group) is 1. The normalized spacial score (nSPS) is 12.6. The molecule has 2 amide bonds. The van der Waals surface area contributed by atoms with E-state index in [-0.39, 0.29) is 30.4 Å². The van der Waals surface area contributed by atoms with Gasteiger partial charge >= 0.3 is 0 Å². The average Bonchev–Trinajstić information content (AvgIpc) is 2.51. The van der Waals surface area contributed by atoms with Crippen molar-refractivity contribution >= 4 is 11.8 Å². The first-order chi connectivity index (χ1) is 10.7. The van der Waals surface area contributed by atoms with Crippen molar-refractivity contribution in [3.05, 3.63) is 35.4 Å². The minimum absolute atomic E-state index is 0.0319.